The number of sulfonamides is 1. The highest BCUT2D eigenvalue weighted by molar-refractivity contribution is 7.89. The highest BCUT2D eigenvalue weighted by Crippen LogP contribution is 2.14. The molecule has 0 aliphatic heterocycles. The van der Waals surface area contributed by atoms with E-state index in [9.17, 15) is 8.42 Å². The van der Waals surface area contributed by atoms with Crippen LogP contribution in [-0.2, 0) is 10.0 Å². The van der Waals surface area contributed by atoms with Crippen LogP contribution in [0.4, 0.5) is 0 Å². The smallest absolute Gasteiger partial charge is 0.240 e. The molecule has 1 rings (SSSR count). The molecule has 0 aliphatic rings. The average Bonchev–Trinajstić information content (AvgIpc) is 2.29. The Morgan fingerprint density at radius 3 is 2.50 bits per heavy atom. The van der Waals surface area contributed by atoms with Crippen molar-refractivity contribution in [1.29, 1.82) is 5.26 Å². The first-order chi connectivity index (χ1) is 7.60. The minimum Gasteiger partial charge on any atom is -0.497 e. The molecule has 0 saturated carbocycles. The Balaban J connectivity index is 2.78. The molecular weight excluding hydrogens is 228 g/mol. The lowest BCUT2D eigenvalue weighted by Gasteiger charge is -2.05. The molecule has 0 aromatic heterocycles. The Bertz CT molecular complexity index is 474. The maximum Gasteiger partial charge on any atom is 0.240 e. The zero-order chi connectivity index (χ0) is 12.0. The summed E-state index contributed by atoms with van der Waals surface area (Å²) < 4.78 is 30.5. The van der Waals surface area contributed by atoms with Crippen molar-refractivity contribution in [3.8, 4) is 11.8 Å². The summed E-state index contributed by atoms with van der Waals surface area (Å²) in [5.74, 6) is 0.593. The van der Waals surface area contributed by atoms with Crippen LogP contribution in [0.25, 0.3) is 0 Å². The highest BCUT2D eigenvalue weighted by atomic mass is 32.2. The van der Waals surface area contributed by atoms with E-state index in [0.29, 0.717) is 5.75 Å². The quantitative estimate of drug-likeness (QED) is 0.775. The lowest BCUT2D eigenvalue weighted by molar-refractivity contribution is 0.414. The van der Waals surface area contributed by atoms with Gasteiger partial charge in [0.05, 0.1) is 18.1 Å². The van der Waals surface area contributed by atoms with Crippen LogP contribution in [0.15, 0.2) is 29.2 Å². The highest BCUT2D eigenvalue weighted by Gasteiger charge is 2.12. The van der Waals surface area contributed by atoms with Gasteiger partial charge in [-0.1, -0.05) is 0 Å². The van der Waals surface area contributed by atoms with Crippen LogP contribution < -0.4 is 9.46 Å². The minimum atomic E-state index is -3.51. The van der Waals surface area contributed by atoms with Gasteiger partial charge in [0.2, 0.25) is 10.0 Å². The summed E-state index contributed by atoms with van der Waals surface area (Å²) in [5.41, 5.74) is 0. The Morgan fingerprint density at radius 1 is 1.38 bits per heavy atom. The Kier molecular flexibility index (Phi) is 4.28. The molecule has 1 aromatic rings. The van der Waals surface area contributed by atoms with Crippen molar-refractivity contribution in [3.05, 3.63) is 24.3 Å². The molecule has 0 saturated heterocycles. The van der Waals surface area contributed by atoms with Crippen LogP contribution in [0.2, 0.25) is 0 Å². The van der Waals surface area contributed by atoms with Crippen molar-refractivity contribution in [1.82, 2.24) is 4.72 Å². The van der Waals surface area contributed by atoms with Gasteiger partial charge in [-0.3, -0.25) is 0 Å². The second-order valence-corrected chi connectivity index (χ2v) is 4.75. The van der Waals surface area contributed by atoms with Crippen LogP contribution >= 0.6 is 0 Å². The number of hydrogen-bond acceptors (Lipinski definition) is 4. The number of methoxy groups -OCH3 is 1. The fourth-order valence-corrected chi connectivity index (χ4v) is 2.11. The van der Waals surface area contributed by atoms with E-state index >= 15 is 0 Å². The lowest BCUT2D eigenvalue weighted by atomic mass is 10.3. The predicted octanol–water partition coefficient (Wildman–Crippen LogP) is 0.887. The lowest BCUT2D eigenvalue weighted by Crippen LogP contribution is -2.24. The van der Waals surface area contributed by atoms with Crippen molar-refractivity contribution in [2.24, 2.45) is 0 Å². The van der Waals surface area contributed by atoms with E-state index in [2.05, 4.69) is 4.72 Å². The van der Waals surface area contributed by atoms with Crippen molar-refractivity contribution in [2.75, 3.05) is 13.7 Å². The zero-order valence-corrected chi connectivity index (χ0v) is 9.62. The number of nitriles is 1. The first-order valence-corrected chi connectivity index (χ1v) is 6.09. The molecule has 6 heteroatoms. The molecular formula is C10H12N2O3S. The topological polar surface area (TPSA) is 79.2 Å². The van der Waals surface area contributed by atoms with Gasteiger partial charge in [0, 0.05) is 13.0 Å². The van der Waals surface area contributed by atoms with Gasteiger partial charge in [0.25, 0.3) is 0 Å². The molecule has 0 amide bonds. The Labute approximate surface area is 94.7 Å². The number of ether oxygens (including phenoxy) is 1. The van der Waals surface area contributed by atoms with E-state index in [1.54, 1.807) is 12.1 Å². The first kappa shape index (κ1) is 12.5. The van der Waals surface area contributed by atoms with E-state index in [0.717, 1.165) is 0 Å². The van der Waals surface area contributed by atoms with Crippen molar-refractivity contribution >= 4 is 10.0 Å². The third kappa shape index (κ3) is 3.22. The fraction of sp³-hybridized carbons (Fsp3) is 0.300. The van der Waals surface area contributed by atoms with E-state index in [1.807, 2.05) is 6.07 Å². The third-order valence-corrected chi connectivity index (χ3v) is 3.38. The number of benzene rings is 1. The molecule has 0 unspecified atom stereocenters. The van der Waals surface area contributed by atoms with E-state index in [-0.39, 0.29) is 17.9 Å². The average molecular weight is 240 g/mol. The summed E-state index contributed by atoms with van der Waals surface area (Å²) in [6.45, 7) is 0.116. The molecule has 1 aromatic carbocycles. The van der Waals surface area contributed by atoms with Gasteiger partial charge in [0.15, 0.2) is 0 Å². The van der Waals surface area contributed by atoms with Crippen molar-refractivity contribution in [2.45, 2.75) is 11.3 Å². The SMILES string of the molecule is COc1ccc(S(=O)(=O)NCCC#N)cc1. The largest absolute Gasteiger partial charge is 0.497 e. The molecule has 16 heavy (non-hydrogen) atoms. The second-order valence-electron chi connectivity index (χ2n) is 2.98. The van der Waals surface area contributed by atoms with Gasteiger partial charge >= 0.3 is 0 Å². The summed E-state index contributed by atoms with van der Waals surface area (Å²) in [7, 11) is -2.01. The van der Waals surface area contributed by atoms with E-state index < -0.39 is 10.0 Å². The molecule has 0 bridgehead atoms. The van der Waals surface area contributed by atoms with Crippen LogP contribution in [0.1, 0.15) is 6.42 Å². The predicted molar refractivity (Wildman–Crippen MR) is 58.4 cm³/mol. The normalized spacial score (nSPS) is 10.8. The van der Waals surface area contributed by atoms with Crippen LogP contribution in [0, 0.1) is 11.3 Å². The van der Waals surface area contributed by atoms with Crippen LogP contribution in [0.3, 0.4) is 0 Å². The third-order valence-electron chi connectivity index (χ3n) is 1.90. The maximum absolute atomic E-state index is 11.6. The van der Waals surface area contributed by atoms with E-state index in [4.69, 9.17) is 10.00 Å². The van der Waals surface area contributed by atoms with E-state index in [1.165, 1.54) is 19.2 Å². The van der Waals surface area contributed by atoms with Crippen LogP contribution in [0.5, 0.6) is 5.75 Å². The summed E-state index contributed by atoms with van der Waals surface area (Å²) >= 11 is 0. The molecule has 0 aliphatic carbocycles. The van der Waals surface area contributed by atoms with Gasteiger partial charge in [-0.2, -0.15) is 5.26 Å². The number of rotatable bonds is 5. The van der Waals surface area contributed by atoms with Gasteiger partial charge in [-0.05, 0) is 24.3 Å². The first-order valence-electron chi connectivity index (χ1n) is 4.61. The van der Waals surface area contributed by atoms with Crippen LogP contribution in [-0.4, -0.2) is 22.1 Å². The summed E-state index contributed by atoms with van der Waals surface area (Å²) in [6.07, 6.45) is 0.148. The summed E-state index contributed by atoms with van der Waals surface area (Å²) in [4.78, 5) is 0.159. The minimum absolute atomic E-state index is 0.116. The zero-order valence-electron chi connectivity index (χ0n) is 8.80. The molecule has 0 heterocycles. The molecule has 0 spiro atoms. The number of hydrogen-bond donors (Lipinski definition) is 1. The number of nitrogens with zero attached hydrogens (tertiary/aromatic N) is 1. The fourth-order valence-electron chi connectivity index (χ4n) is 1.08. The van der Waals surface area contributed by atoms with Gasteiger partial charge in [-0.15, -0.1) is 0 Å². The van der Waals surface area contributed by atoms with Crippen molar-refractivity contribution < 1.29 is 13.2 Å². The van der Waals surface area contributed by atoms with Gasteiger partial charge in [0.1, 0.15) is 5.75 Å². The van der Waals surface area contributed by atoms with Gasteiger partial charge < -0.3 is 4.74 Å². The summed E-state index contributed by atoms with van der Waals surface area (Å²) in [5, 5.41) is 8.30. The Hall–Kier alpha value is -1.58. The number of nitrogens with one attached hydrogen (secondary N) is 1. The molecule has 0 radical (unpaired) electrons. The molecule has 0 atom stereocenters. The standard InChI is InChI=1S/C10H12N2O3S/c1-15-9-3-5-10(6-4-9)16(13,14)12-8-2-7-11/h3-6,12H,2,8H2,1H3. The molecule has 5 nitrogen and oxygen atoms in total. The summed E-state index contributed by atoms with van der Waals surface area (Å²) in [6, 6.07) is 7.90. The maximum atomic E-state index is 11.6. The molecule has 86 valence electrons. The monoisotopic (exact) mass is 240 g/mol. The Morgan fingerprint density at radius 2 is 2.00 bits per heavy atom. The van der Waals surface area contributed by atoms with Crippen molar-refractivity contribution in [3.63, 3.8) is 0 Å². The molecule has 1 N–H and O–H groups in total. The van der Waals surface area contributed by atoms with Gasteiger partial charge in [-0.25, -0.2) is 13.1 Å². The second kappa shape index (κ2) is 5.49. The molecule has 0 fully saturated rings.